The molecule has 0 aliphatic heterocycles. The lowest BCUT2D eigenvalue weighted by Gasteiger charge is -2.15. The van der Waals surface area contributed by atoms with Crippen LogP contribution in [0.3, 0.4) is 0 Å². The molecule has 0 saturated heterocycles. The van der Waals surface area contributed by atoms with Crippen molar-refractivity contribution in [3.63, 3.8) is 0 Å². The summed E-state index contributed by atoms with van der Waals surface area (Å²) in [7, 11) is 1.32. The third kappa shape index (κ3) is 3.40. The first kappa shape index (κ1) is 16.3. The molecule has 0 amide bonds. The van der Waals surface area contributed by atoms with Crippen molar-refractivity contribution in [1.82, 2.24) is 4.98 Å². The number of rotatable bonds is 2. The summed E-state index contributed by atoms with van der Waals surface area (Å²) in [6.07, 6.45) is 0. The third-order valence-corrected chi connectivity index (χ3v) is 4.45. The first-order valence-corrected chi connectivity index (χ1v) is 7.74. The molecule has 0 unspecified atom stereocenters. The highest BCUT2D eigenvalue weighted by molar-refractivity contribution is 14.1. The van der Waals surface area contributed by atoms with Crippen molar-refractivity contribution < 1.29 is 13.9 Å². The molecule has 4 nitrogen and oxygen atoms in total. The number of nitrogens with zero attached hydrogens (tertiary/aromatic N) is 1. The Kier molecular flexibility index (Phi) is 4.63. The molecule has 6 heteroatoms. The van der Waals surface area contributed by atoms with E-state index in [1.54, 1.807) is 6.07 Å². The summed E-state index contributed by atoms with van der Waals surface area (Å²) in [5.41, 5.74) is 0.957. The number of hydrogen-bond acceptors (Lipinski definition) is 4. The maximum Gasteiger partial charge on any atom is 0.376 e. The molecule has 0 aliphatic carbocycles. The number of hydrogen-bond donors (Lipinski definition) is 0. The molecule has 0 fully saturated rings. The smallest absolute Gasteiger partial charge is 0.376 e. The predicted molar refractivity (Wildman–Crippen MR) is 89.7 cm³/mol. The van der Waals surface area contributed by atoms with Crippen LogP contribution in [0.1, 0.15) is 37.0 Å². The van der Waals surface area contributed by atoms with Crippen LogP contribution in [0.2, 0.25) is 5.02 Å². The van der Waals surface area contributed by atoms with E-state index in [1.807, 2.05) is 32.9 Å². The Bertz CT molecular complexity index is 689. The zero-order chi connectivity index (χ0) is 15.8. The van der Waals surface area contributed by atoms with E-state index in [1.165, 1.54) is 7.11 Å². The summed E-state index contributed by atoms with van der Waals surface area (Å²) in [5.74, 6) is -0.0384. The van der Waals surface area contributed by atoms with Gasteiger partial charge >= 0.3 is 5.97 Å². The highest BCUT2D eigenvalue weighted by Gasteiger charge is 2.30. The Morgan fingerprint density at radius 1 is 1.38 bits per heavy atom. The lowest BCUT2D eigenvalue weighted by atomic mass is 9.91. The van der Waals surface area contributed by atoms with Crippen molar-refractivity contribution >= 4 is 40.2 Å². The SMILES string of the molecule is COC(=O)c1oc(-c2ccc(I)c(Cl)c2)nc1C(C)(C)C. The Labute approximate surface area is 142 Å². The molecule has 0 saturated carbocycles. The van der Waals surface area contributed by atoms with Crippen LogP contribution in [0.15, 0.2) is 22.6 Å². The summed E-state index contributed by atoms with van der Waals surface area (Å²) in [6, 6.07) is 5.49. The zero-order valence-electron chi connectivity index (χ0n) is 12.2. The van der Waals surface area contributed by atoms with Crippen molar-refractivity contribution in [3.8, 4) is 11.5 Å². The molecule has 1 aromatic heterocycles. The minimum atomic E-state index is -0.532. The minimum absolute atomic E-state index is 0.134. The maximum absolute atomic E-state index is 11.9. The van der Waals surface area contributed by atoms with Gasteiger partial charge < -0.3 is 9.15 Å². The summed E-state index contributed by atoms with van der Waals surface area (Å²) < 4.78 is 11.3. The van der Waals surface area contributed by atoms with Gasteiger partial charge in [0, 0.05) is 14.5 Å². The first-order valence-electron chi connectivity index (χ1n) is 6.29. The number of carbonyl (C=O) groups excluding carboxylic acids is 1. The second kappa shape index (κ2) is 5.96. The minimum Gasteiger partial charge on any atom is -0.463 e. The molecule has 0 spiro atoms. The molecule has 0 aliphatic rings. The van der Waals surface area contributed by atoms with E-state index in [4.69, 9.17) is 20.8 Å². The first-order chi connectivity index (χ1) is 9.74. The monoisotopic (exact) mass is 419 g/mol. The van der Waals surface area contributed by atoms with Crippen LogP contribution in [0.25, 0.3) is 11.5 Å². The highest BCUT2D eigenvalue weighted by Crippen LogP contribution is 2.32. The van der Waals surface area contributed by atoms with Gasteiger partial charge in [-0.3, -0.25) is 0 Å². The fourth-order valence-corrected chi connectivity index (χ4v) is 2.33. The number of esters is 1. The van der Waals surface area contributed by atoms with Crippen LogP contribution in [-0.2, 0) is 10.2 Å². The molecule has 21 heavy (non-hydrogen) atoms. The van der Waals surface area contributed by atoms with Gasteiger partial charge in [-0.05, 0) is 40.8 Å². The van der Waals surface area contributed by atoms with Gasteiger partial charge in [0.05, 0.1) is 12.1 Å². The number of benzene rings is 1. The molecular formula is C15H15ClINO3. The fraction of sp³-hybridized carbons (Fsp3) is 0.333. The van der Waals surface area contributed by atoms with Crippen LogP contribution in [-0.4, -0.2) is 18.1 Å². The molecule has 0 radical (unpaired) electrons. The summed E-state index contributed by atoms with van der Waals surface area (Å²) in [6.45, 7) is 5.88. The highest BCUT2D eigenvalue weighted by atomic mass is 127. The average molecular weight is 420 g/mol. The number of ether oxygens (including phenoxy) is 1. The van der Waals surface area contributed by atoms with E-state index in [2.05, 4.69) is 27.6 Å². The largest absolute Gasteiger partial charge is 0.463 e. The molecule has 2 rings (SSSR count). The van der Waals surface area contributed by atoms with E-state index in [9.17, 15) is 4.79 Å². The van der Waals surface area contributed by atoms with Crippen molar-refractivity contribution in [1.29, 1.82) is 0 Å². The van der Waals surface area contributed by atoms with Crippen LogP contribution in [0.5, 0.6) is 0 Å². The van der Waals surface area contributed by atoms with Gasteiger partial charge in [0.1, 0.15) is 5.69 Å². The summed E-state index contributed by atoms with van der Waals surface area (Å²) in [5, 5.41) is 0.614. The molecule has 2 aromatic rings. The Morgan fingerprint density at radius 2 is 2.05 bits per heavy atom. The maximum atomic E-state index is 11.9. The average Bonchev–Trinajstić information content (AvgIpc) is 2.86. The zero-order valence-corrected chi connectivity index (χ0v) is 15.1. The topological polar surface area (TPSA) is 52.3 Å². The van der Waals surface area contributed by atoms with Gasteiger partial charge in [-0.25, -0.2) is 9.78 Å². The van der Waals surface area contributed by atoms with Gasteiger partial charge in [0.25, 0.3) is 0 Å². The lowest BCUT2D eigenvalue weighted by Crippen LogP contribution is -2.17. The predicted octanol–water partition coefficient (Wildman–Crippen LogP) is 4.68. The molecule has 0 atom stereocenters. The molecule has 0 bridgehead atoms. The van der Waals surface area contributed by atoms with Crippen LogP contribution in [0.4, 0.5) is 0 Å². The Morgan fingerprint density at radius 3 is 2.57 bits per heavy atom. The van der Waals surface area contributed by atoms with E-state index < -0.39 is 5.97 Å². The van der Waals surface area contributed by atoms with Crippen LogP contribution in [0, 0.1) is 3.57 Å². The van der Waals surface area contributed by atoms with Crippen LogP contribution >= 0.6 is 34.2 Å². The van der Waals surface area contributed by atoms with Crippen molar-refractivity contribution in [3.05, 3.63) is 38.2 Å². The van der Waals surface area contributed by atoms with E-state index >= 15 is 0 Å². The Hall–Kier alpha value is -1.08. The number of carbonyl (C=O) groups is 1. The molecule has 0 N–H and O–H groups in total. The van der Waals surface area contributed by atoms with Crippen LogP contribution < -0.4 is 0 Å². The normalized spacial score (nSPS) is 11.5. The van der Waals surface area contributed by atoms with Crippen molar-refractivity contribution in [2.45, 2.75) is 26.2 Å². The van der Waals surface area contributed by atoms with Gasteiger partial charge in [-0.1, -0.05) is 32.4 Å². The van der Waals surface area contributed by atoms with Gasteiger partial charge in [0.2, 0.25) is 11.7 Å². The quantitative estimate of drug-likeness (QED) is 0.524. The number of halogens is 2. The van der Waals surface area contributed by atoms with Crippen molar-refractivity contribution in [2.75, 3.05) is 7.11 Å². The number of oxazole rings is 1. The summed E-state index contributed by atoms with van der Waals surface area (Å²) >= 11 is 8.27. The molecule has 112 valence electrons. The standard InChI is InChI=1S/C15H15ClINO3/c1-15(2,3)12-11(14(19)20-4)21-13(18-12)8-5-6-10(17)9(16)7-8/h5-7H,1-4H3. The van der Waals surface area contributed by atoms with Crippen molar-refractivity contribution in [2.24, 2.45) is 0 Å². The van der Waals surface area contributed by atoms with Gasteiger partial charge in [0.15, 0.2) is 0 Å². The fourth-order valence-electron chi connectivity index (χ4n) is 1.81. The third-order valence-electron chi connectivity index (χ3n) is 2.87. The molecule has 1 aromatic carbocycles. The van der Waals surface area contributed by atoms with Gasteiger partial charge in [-0.15, -0.1) is 0 Å². The number of aromatic nitrogens is 1. The molecular weight excluding hydrogens is 405 g/mol. The van der Waals surface area contributed by atoms with E-state index in [0.29, 0.717) is 16.6 Å². The molecule has 1 heterocycles. The van der Waals surface area contributed by atoms with Gasteiger partial charge in [-0.2, -0.15) is 0 Å². The Balaban J connectivity index is 2.58. The number of methoxy groups -OCH3 is 1. The lowest BCUT2D eigenvalue weighted by molar-refractivity contribution is 0.0562. The second-order valence-corrected chi connectivity index (χ2v) is 7.14. The van der Waals surface area contributed by atoms with E-state index in [-0.39, 0.29) is 11.2 Å². The second-order valence-electron chi connectivity index (χ2n) is 5.57. The summed E-state index contributed by atoms with van der Waals surface area (Å²) in [4.78, 5) is 16.3. The van der Waals surface area contributed by atoms with E-state index in [0.717, 1.165) is 9.13 Å².